The molecular formula is C24H21ClN2O3S. The van der Waals surface area contributed by atoms with Crippen molar-refractivity contribution in [2.75, 3.05) is 16.2 Å². The zero-order valence-corrected chi connectivity index (χ0v) is 18.7. The maximum Gasteiger partial charge on any atom is 0.270 e. The molecule has 1 amide bonds. The van der Waals surface area contributed by atoms with Crippen LogP contribution in [0.15, 0.2) is 77.7 Å². The Bertz CT molecular complexity index is 1300. The van der Waals surface area contributed by atoms with E-state index in [-0.39, 0.29) is 11.4 Å². The number of nitrogens with zero attached hydrogens (tertiary/aromatic N) is 1. The lowest BCUT2D eigenvalue weighted by atomic mass is 9.95. The molecule has 31 heavy (non-hydrogen) atoms. The SMILES string of the molecule is CCN1c2ccccc2C(c2ccccc2)=C(C(=O)Nc2cccc(Cl)c2C)S1(=O)=O. The highest BCUT2D eigenvalue weighted by molar-refractivity contribution is 7.97. The summed E-state index contributed by atoms with van der Waals surface area (Å²) in [5, 5.41) is 3.25. The molecule has 3 aromatic carbocycles. The molecule has 1 aliphatic heterocycles. The summed E-state index contributed by atoms with van der Waals surface area (Å²) in [4.78, 5) is 13.2. The fourth-order valence-corrected chi connectivity index (χ4v) is 5.70. The van der Waals surface area contributed by atoms with Gasteiger partial charge in [-0.3, -0.25) is 9.10 Å². The summed E-state index contributed by atoms with van der Waals surface area (Å²) in [5.41, 5.74) is 3.42. The molecule has 0 atom stereocenters. The Labute approximate surface area is 187 Å². The van der Waals surface area contributed by atoms with E-state index in [0.717, 1.165) is 0 Å². The predicted molar refractivity (Wildman–Crippen MR) is 126 cm³/mol. The second kappa shape index (κ2) is 8.21. The van der Waals surface area contributed by atoms with Crippen molar-refractivity contribution in [2.45, 2.75) is 13.8 Å². The van der Waals surface area contributed by atoms with Gasteiger partial charge in [0.05, 0.1) is 5.69 Å². The van der Waals surface area contributed by atoms with E-state index >= 15 is 0 Å². The quantitative estimate of drug-likeness (QED) is 0.590. The average molecular weight is 453 g/mol. The second-order valence-electron chi connectivity index (χ2n) is 7.12. The lowest BCUT2D eigenvalue weighted by Crippen LogP contribution is -2.39. The Kier molecular flexibility index (Phi) is 5.60. The Morgan fingerprint density at radius 3 is 2.35 bits per heavy atom. The molecule has 5 nitrogen and oxygen atoms in total. The summed E-state index contributed by atoms with van der Waals surface area (Å²) in [5.74, 6) is -0.697. The molecule has 3 aromatic rings. The number of carbonyl (C=O) groups excluding carboxylic acids is 1. The van der Waals surface area contributed by atoms with Gasteiger partial charge in [0.1, 0.15) is 0 Å². The Balaban J connectivity index is 1.99. The van der Waals surface area contributed by atoms with E-state index in [1.807, 2.05) is 30.3 Å². The van der Waals surface area contributed by atoms with Gasteiger partial charge in [0.15, 0.2) is 4.91 Å². The third kappa shape index (κ3) is 3.62. The van der Waals surface area contributed by atoms with Crippen LogP contribution in [0, 0.1) is 6.92 Å². The van der Waals surface area contributed by atoms with E-state index in [2.05, 4.69) is 5.32 Å². The number of nitrogens with one attached hydrogen (secondary N) is 1. The number of hydrogen-bond donors (Lipinski definition) is 1. The first-order chi connectivity index (χ1) is 14.9. The number of carbonyl (C=O) groups is 1. The van der Waals surface area contributed by atoms with Crippen LogP contribution < -0.4 is 9.62 Å². The van der Waals surface area contributed by atoms with Crippen LogP contribution in [0.2, 0.25) is 5.02 Å². The molecule has 4 rings (SSSR count). The molecule has 1 aliphatic rings. The summed E-state index contributed by atoms with van der Waals surface area (Å²) in [6, 6.07) is 21.5. The van der Waals surface area contributed by atoms with Crippen LogP contribution in [0.5, 0.6) is 0 Å². The van der Waals surface area contributed by atoms with Crippen LogP contribution in [0.3, 0.4) is 0 Å². The summed E-state index contributed by atoms with van der Waals surface area (Å²) >= 11 is 6.19. The van der Waals surface area contributed by atoms with Crippen molar-refractivity contribution in [3.63, 3.8) is 0 Å². The standard InChI is InChI=1S/C24H21ClN2O3S/c1-3-27-21-15-8-7-12-18(21)22(17-10-5-4-6-11-17)23(31(27,29)30)24(28)26-20-14-9-13-19(25)16(20)2/h4-15H,3H2,1-2H3,(H,26,28). The molecule has 158 valence electrons. The van der Waals surface area contributed by atoms with Gasteiger partial charge >= 0.3 is 0 Å². The number of rotatable bonds is 4. The molecule has 7 heteroatoms. The number of para-hydroxylation sites is 1. The molecule has 0 aliphatic carbocycles. The van der Waals surface area contributed by atoms with Gasteiger partial charge in [0, 0.05) is 28.4 Å². The molecule has 0 spiro atoms. The Morgan fingerprint density at radius 1 is 0.968 bits per heavy atom. The highest BCUT2D eigenvalue weighted by atomic mass is 35.5. The van der Waals surface area contributed by atoms with Crippen LogP contribution in [-0.4, -0.2) is 20.9 Å². The lowest BCUT2D eigenvalue weighted by Gasteiger charge is -2.32. The molecule has 0 radical (unpaired) electrons. The third-order valence-corrected chi connectivity index (χ3v) is 7.64. The summed E-state index contributed by atoms with van der Waals surface area (Å²) in [6.07, 6.45) is 0. The van der Waals surface area contributed by atoms with E-state index in [0.29, 0.717) is 38.7 Å². The van der Waals surface area contributed by atoms with Crippen LogP contribution in [0.1, 0.15) is 23.6 Å². The summed E-state index contributed by atoms with van der Waals surface area (Å²) in [6.45, 7) is 3.72. The van der Waals surface area contributed by atoms with Crippen molar-refractivity contribution >= 4 is 44.5 Å². The molecule has 0 fully saturated rings. The van der Waals surface area contributed by atoms with Crippen LogP contribution in [-0.2, 0) is 14.8 Å². The van der Waals surface area contributed by atoms with Crippen molar-refractivity contribution in [3.8, 4) is 0 Å². The number of anilines is 2. The van der Waals surface area contributed by atoms with Gasteiger partial charge in [-0.05, 0) is 43.2 Å². The van der Waals surface area contributed by atoms with Gasteiger partial charge in [0.2, 0.25) is 0 Å². The first-order valence-electron chi connectivity index (χ1n) is 9.84. The number of sulfonamides is 1. The topological polar surface area (TPSA) is 66.5 Å². The maximum atomic E-state index is 13.7. The fourth-order valence-electron chi connectivity index (χ4n) is 3.78. The molecule has 0 unspecified atom stereocenters. The number of benzene rings is 3. The lowest BCUT2D eigenvalue weighted by molar-refractivity contribution is -0.112. The normalized spacial score (nSPS) is 14.9. The van der Waals surface area contributed by atoms with Crippen LogP contribution in [0.25, 0.3) is 5.57 Å². The molecule has 0 saturated heterocycles. The molecule has 1 N–H and O–H groups in total. The molecule has 0 saturated carbocycles. The van der Waals surface area contributed by atoms with Crippen molar-refractivity contribution < 1.29 is 13.2 Å². The number of amides is 1. The van der Waals surface area contributed by atoms with Gasteiger partial charge in [-0.15, -0.1) is 0 Å². The van der Waals surface area contributed by atoms with Gasteiger partial charge in [0.25, 0.3) is 15.9 Å². The smallest absolute Gasteiger partial charge is 0.270 e. The second-order valence-corrected chi connectivity index (χ2v) is 9.33. The van der Waals surface area contributed by atoms with E-state index in [1.54, 1.807) is 56.3 Å². The minimum absolute atomic E-state index is 0.203. The summed E-state index contributed by atoms with van der Waals surface area (Å²) in [7, 11) is -4.10. The minimum Gasteiger partial charge on any atom is -0.321 e. The average Bonchev–Trinajstić information content (AvgIpc) is 2.76. The number of fused-ring (bicyclic) bond motifs is 1. The fraction of sp³-hybridized carbons (Fsp3) is 0.125. The zero-order valence-electron chi connectivity index (χ0n) is 17.1. The predicted octanol–water partition coefficient (Wildman–Crippen LogP) is 5.22. The van der Waals surface area contributed by atoms with Crippen molar-refractivity contribution in [2.24, 2.45) is 0 Å². The van der Waals surface area contributed by atoms with Crippen molar-refractivity contribution in [3.05, 3.63) is 99.4 Å². The Morgan fingerprint density at radius 2 is 1.65 bits per heavy atom. The Hall–Kier alpha value is -3.09. The van der Waals surface area contributed by atoms with E-state index in [1.165, 1.54) is 4.31 Å². The van der Waals surface area contributed by atoms with Crippen LogP contribution in [0.4, 0.5) is 11.4 Å². The number of hydrogen-bond acceptors (Lipinski definition) is 3. The molecule has 0 bridgehead atoms. The maximum absolute atomic E-state index is 13.7. The molecule has 0 aromatic heterocycles. The van der Waals surface area contributed by atoms with E-state index in [4.69, 9.17) is 11.6 Å². The zero-order chi connectivity index (χ0) is 22.2. The number of halogens is 1. The highest BCUT2D eigenvalue weighted by Gasteiger charge is 2.40. The van der Waals surface area contributed by atoms with Gasteiger partial charge in [-0.25, -0.2) is 8.42 Å². The molecule has 1 heterocycles. The first-order valence-corrected chi connectivity index (χ1v) is 11.7. The van der Waals surface area contributed by atoms with E-state index < -0.39 is 15.9 Å². The van der Waals surface area contributed by atoms with Gasteiger partial charge in [-0.2, -0.15) is 0 Å². The monoisotopic (exact) mass is 452 g/mol. The highest BCUT2D eigenvalue weighted by Crippen LogP contribution is 2.43. The van der Waals surface area contributed by atoms with E-state index in [9.17, 15) is 13.2 Å². The third-order valence-electron chi connectivity index (χ3n) is 5.29. The summed E-state index contributed by atoms with van der Waals surface area (Å²) < 4.78 is 28.6. The first kappa shape index (κ1) is 21.2. The van der Waals surface area contributed by atoms with Crippen molar-refractivity contribution in [1.29, 1.82) is 0 Å². The van der Waals surface area contributed by atoms with Gasteiger partial charge in [-0.1, -0.05) is 66.2 Å². The molecular weight excluding hydrogens is 432 g/mol. The largest absolute Gasteiger partial charge is 0.321 e. The van der Waals surface area contributed by atoms with Crippen LogP contribution >= 0.6 is 11.6 Å². The minimum atomic E-state index is -4.10. The van der Waals surface area contributed by atoms with Crippen molar-refractivity contribution in [1.82, 2.24) is 0 Å². The van der Waals surface area contributed by atoms with Gasteiger partial charge < -0.3 is 5.32 Å².